The second kappa shape index (κ2) is 17.0. The Hall–Kier alpha value is -2.14. The Labute approximate surface area is 171 Å². The maximum absolute atomic E-state index is 11.1. The lowest BCUT2D eigenvalue weighted by Gasteiger charge is -2.21. The lowest BCUT2D eigenvalue weighted by atomic mass is 9.98. The van der Waals surface area contributed by atoms with Gasteiger partial charge in [0.25, 0.3) is 0 Å². The molecule has 0 aliphatic carbocycles. The van der Waals surface area contributed by atoms with Crippen molar-refractivity contribution in [3.63, 3.8) is 0 Å². The van der Waals surface area contributed by atoms with Gasteiger partial charge in [0.15, 0.2) is 6.29 Å². The fraction of sp³-hybridized carbons (Fsp3) is 0.565. The largest absolute Gasteiger partial charge is 0.498 e. The number of nitrogens with one attached hydrogen (secondary N) is 1. The molecular weight excluding hydrogens is 350 g/mol. The summed E-state index contributed by atoms with van der Waals surface area (Å²) in [6.07, 6.45) is 14.1. The van der Waals surface area contributed by atoms with E-state index in [0.717, 1.165) is 56.5 Å². The van der Waals surface area contributed by atoms with Gasteiger partial charge in [-0.3, -0.25) is 9.79 Å². The monoisotopic (exact) mass is 389 g/mol. The number of rotatable bonds is 16. The van der Waals surface area contributed by atoms with E-state index in [-0.39, 0.29) is 0 Å². The number of ether oxygens (including phenoxy) is 1. The molecule has 5 nitrogen and oxygen atoms in total. The Bertz CT molecular complexity index is 562. The maximum Gasteiger partial charge on any atom is 0.165 e. The first-order chi connectivity index (χ1) is 13.5. The van der Waals surface area contributed by atoms with Crippen molar-refractivity contribution in [2.45, 2.75) is 46.5 Å². The fourth-order valence-corrected chi connectivity index (χ4v) is 2.72. The SMILES string of the molecule is C=C/C=C(C)\C=C(/CC)OCCC(CC)CCN(C)CC(C=O)=N/C=C\NC. The molecule has 1 unspecified atom stereocenters. The smallest absolute Gasteiger partial charge is 0.165 e. The predicted octanol–water partition coefficient (Wildman–Crippen LogP) is 4.50. The molecule has 5 heteroatoms. The van der Waals surface area contributed by atoms with Gasteiger partial charge in [0.05, 0.1) is 18.1 Å². The van der Waals surface area contributed by atoms with Gasteiger partial charge in [-0.25, -0.2) is 0 Å². The van der Waals surface area contributed by atoms with E-state index in [1.807, 2.05) is 13.1 Å². The number of carbonyl (C=O) groups is 1. The second-order valence-corrected chi connectivity index (χ2v) is 6.89. The fourth-order valence-electron chi connectivity index (χ4n) is 2.72. The number of hydrogen-bond acceptors (Lipinski definition) is 5. The van der Waals surface area contributed by atoms with Crippen molar-refractivity contribution in [3.05, 3.63) is 48.5 Å². The van der Waals surface area contributed by atoms with Crippen LogP contribution in [0.1, 0.15) is 46.5 Å². The first kappa shape index (κ1) is 25.9. The molecule has 158 valence electrons. The van der Waals surface area contributed by atoms with Crippen LogP contribution < -0.4 is 5.32 Å². The first-order valence-corrected chi connectivity index (χ1v) is 10.2. The maximum atomic E-state index is 11.1. The predicted molar refractivity (Wildman–Crippen MR) is 120 cm³/mol. The molecule has 0 amide bonds. The minimum Gasteiger partial charge on any atom is -0.498 e. The molecule has 0 heterocycles. The minimum absolute atomic E-state index is 0.533. The average molecular weight is 390 g/mol. The molecule has 0 saturated heterocycles. The Morgan fingerprint density at radius 2 is 2.07 bits per heavy atom. The summed E-state index contributed by atoms with van der Waals surface area (Å²) >= 11 is 0. The summed E-state index contributed by atoms with van der Waals surface area (Å²) in [5.74, 6) is 1.62. The zero-order valence-corrected chi connectivity index (χ0v) is 18.4. The van der Waals surface area contributed by atoms with Gasteiger partial charge in [0.2, 0.25) is 0 Å². The molecule has 0 aliphatic heterocycles. The van der Waals surface area contributed by atoms with Gasteiger partial charge in [-0.2, -0.15) is 0 Å². The molecule has 0 radical (unpaired) electrons. The van der Waals surface area contributed by atoms with Gasteiger partial charge in [0.1, 0.15) is 0 Å². The Morgan fingerprint density at radius 3 is 2.64 bits per heavy atom. The summed E-state index contributed by atoms with van der Waals surface area (Å²) in [5, 5.41) is 2.86. The number of carbonyl (C=O) groups excluding carboxylic acids is 1. The third-order valence-corrected chi connectivity index (χ3v) is 4.48. The van der Waals surface area contributed by atoms with Crippen LogP contribution in [-0.4, -0.2) is 50.7 Å². The minimum atomic E-state index is 0.533. The van der Waals surface area contributed by atoms with E-state index < -0.39 is 0 Å². The molecule has 0 bridgehead atoms. The topological polar surface area (TPSA) is 53.9 Å². The molecule has 0 aromatic rings. The summed E-state index contributed by atoms with van der Waals surface area (Å²) in [4.78, 5) is 17.4. The average Bonchev–Trinajstić information content (AvgIpc) is 2.69. The van der Waals surface area contributed by atoms with Gasteiger partial charge in [-0.05, 0) is 50.9 Å². The van der Waals surface area contributed by atoms with Crippen LogP contribution in [0.5, 0.6) is 0 Å². The highest BCUT2D eigenvalue weighted by Crippen LogP contribution is 2.16. The Balaban J connectivity index is 4.41. The lowest BCUT2D eigenvalue weighted by molar-refractivity contribution is -0.102. The quantitative estimate of drug-likeness (QED) is 0.183. The Kier molecular flexibility index (Phi) is 15.7. The molecule has 0 saturated carbocycles. The van der Waals surface area contributed by atoms with E-state index in [0.29, 0.717) is 18.2 Å². The first-order valence-electron chi connectivity index (χ1n) is 10.2. The summed E-state index contributed by atoms with van der Waals surface area (Å²) in [6.45, 7) is 12.3. The standard InChI is InChI=1S/C23H39N3O2/c1-7-10-20(4)17-23(9-3)28-16-12-21(8-2)11-15-26(6)18-22(19-27)25-14-13-24-5/h7,10,13-14,17,19,21,24H,1,8-9,11-12,15-16,18H2,2-6H3/b14-13-,20-10-,23-17+,25-22?. The van der Waals surface area contributed by atoms with Crippen LogP contribution in [0.15, 0.2) is 53.5 Å². The number of nitrogens with zero attached hydrogens (tertiary/aromatic N) is 2. The van der Waals surface area contributed by atoms with Gasteiger partial charge >= 0.3 is 0 Å². The van der Waals surface area contributed by atoms with E-state index >= 15 is 0 Å². The molecule has 0 spiro atoms. The molecule has 0 aliphatic rings. The highest BCUT2D eigenvalue weighted by molar-refractivity contribution is 6.29. The second-order valence-electron chi connectivity index (χ2n) is 6.89. The molecule has 0 rings (SSSR count). The zero-order chi connectivity index (χ0) is 21.2. The normalized spacial score (nSPS) is 14.4. The Morgan fingerprint density at radius 1 is 1.32 bits per heavy atom. The van der Waals surface area contributed by atoms with E-state index in [4.69, 9.17) is 4.74 Å². The van der Waals surface area contributed by atoms with Crippen LogP contribution in [0.2, 0.25) is 0 Å². The van der Waals surface area contributed by atoms with E-state index in [1.54, 1.807) is 25.5 Å². The summed E-state index contributed by atoms with van der Waals surface area (Å²) < 4.78 is 5.98. The van der Waals surface area contributed by atoms with Crippen molar-refractivity contribution in [3.8, 4) is 0 Å². The number of aldehydes is 1. The highest BCUT2D eigenvalue weighted by Gasteiger charge is 2.10. The molecule has 28 heavy (non-hydrogen) atoms. The van der Waals surface area contributed by atoms with E-state index in [2.05, 4.69) is 48.6 Å². The van der Waals surface area contributed by atoms with Crippen molar-refractivity contribution in [2.24, 2.45) is 10.9 Å². The van der Waals surface area contributed by atoms with Crippen molar-refractivity contribution in [2.75, 3.05) is 33.8 Å². The van der Waals surface area contributed by atoms with Crippen molar-refractivity contribution in [1.29, 1.82) is 0 Å². The van der Waals surface area contributed by atoms with Crippen LogP contribution in [0.4, 0.5) is 0 Å². The van der Waals surface area contributed by atoms with Crippen molar-refractivity contribution < 1.29 is 9.53 Å². The van der Waals surface area contributed by atoms with E-state index in [9.17, 15) is 4.79 Å². The van der Waals surface area contributed by atoms with Crippen LogP contribution in [0.25, 0.3) is 0 Å². The summed E-state index contributed by atoms with van der Waals surface area (Å²) in [5.41, 5.74) is 1.68. The van der Waals surface area contributed by atoms with Crippen molar-refractivity contribution >= 4 is 12.0 Å². The van der Waals surface area contributed by atoms with Crippen LogP contribution in [-0.2, 0) is 9.53 Å². The summed E-state index contributed by atoms with van der Waals surface area (Å²) in [7, 11) is 3.82. The lowest BCUT2D eigenvalue weighted by Crippen LogP contribution is -2.29. The molecule has 1 atom stereocenters. The van der Waals surface area contributed by atoms with Gasteiger partial charge in [-0.1, -0.05) is 39.0 Å². The zero-order valence-electron chi connectivity index (χ0n) is 18.4. The van der Waals surface area contributed by atoms with Gasteiger partial charge in [-0.15, -0.1) is 0 Å². The molecule has 0 fully saturated rings. The molecule has 0 aromatic carbocycles. The number of allylic oxidation sites excluding steroid dienone is 5. The van der Waals surface area contributed by atoms with Gasteiger partial charge in [0, 0.05) is 32.4 Å². The molecular formula is C23H39N3O2. The molecule has 1 N–H and O–H groups in total. The van der Waals surface area contributed by atoms with Gasteiger partial charge < -0.3 is 15.0 Å². The van der Waals surface area contributed by atoms with Crippen LogP contribution in [0, 0.1) is 5.92 Å². The highest BCUT2D eigenvalue weighted by atomic mass is 16.5. The third kappa shape index (κ3) is 13.1. The third-order valence-electron chi connectivity index (χ3n) is 4.48. The number of hydrogen-bond donors (Lipinski definition) is 1. The number of aliphatic imine (C=N–C) groups is 1. The molecule has 0 aromatic heterocycles. The van der Waals surface area contributed by atoms with Crippen molar-refractivity contribution in [1.82, 2.24) is 10.2 Å². The van der Waals surface area contributed by atoms with E-state index in [1.165, 1.54) is 0 Å². The summed E-state index contributed by atoms with van der Waals surface area (Å²) in [6, 6.07) is 0. The van der Waals surface area contributed by atoms with Crippen LogP contribution >= 0.6 is 0 Å². The van der Waals surface area contributed by atoms with Crippen LogP contribution in [0.3, 0.4) is 0 Å².